The fourth-order valence-corrected chi connectivity index (χ4v) is 1.82. The number of nitrogens with two attached hydrogens (primary N) is 1. The van der Waals surface area contributed by atoms with Gasteiger partial charge in [0, 0.05) is 16.7 Å². The van der Waals surface area contributed by atoms with Gasteiger partial charge in [0.2, 0.25) is 0 Å². The lowest BCUT2D eigenvalue weighted by atomic mass is 10.2. The molecule has 7 heteroatoms. The second-order valence-corrected chi connectivity index (χ2v) is 4.69. The Morgan fingerprint density at radius 1 is 1.37 bits per heavy atom. The smallest absolute Gasteiger partial charge is 0.292 e. The molecule has 19 heavy (non-hydrogen) atoms. The fraction of sp³-hybridized carbons (Fsp3) is 0.0833. The first-order valence-corrected chi connectivity index (χ1v) is 6.11. The van der Waals surface area contributed by atoms with Gasteiger partial charge in [-0.1, -0.05) is 6.07 Å². The molecule has 0 unspecified atom stereocenters. The monoisotopic (exact) mass is 323 g/mol. The highest BCUT2D eigenvalue weighted by atomic mass is 79.9. The third kappa shape index (κ3) is 3.41. The predicted octanol–water partition coefficient (Wildman–Crippen LogP) is 2.91. The van der Waals surface area contributed by atoms with E-state index in [1.807, 2.05) is 0 Å². The van der Waals surface area contributed by atoms with E-state index in [1.165, 1.54) is 12.1 Å². The van der Waals surface area contributed by atoms with Crippen molar-refractivity contribution in [2.24, 2.45) is 0 Å². The molecule has 6 nitrogen and oxygen atoms in total. The number of pyridine rings is 1. The Hall–Kier alpha value is -2.15. The lowest BCUT2D eigenvalue weighted by Crippen LogP contribution is -2.00. The highest BCUT2D eigenvalue weighted by Crippen LogP contribution is 2.23. The molecule has 0 aliphatic carbocycles. The summed E-state index contributed by atoms with van der Waals surface area (Å²) >= 11 is 3.28. The summed E-state index contributed by atoms with van der Waals surface area (Å²) in [4.78, 5) is 14.2. The second-order valence-electron chi connectivity index (χ2n) is 3.78. The van der Waals surface area contributed by atoms with Gasteiger partial charge in [-0.3, -0.25) is 15.1 Å². The molecule has 1 aromatic heterocycles. The normalized spacial score (nSPS) is 10.2. The van der Waals surface area contributed by atoms with Crippen molar-refractivity contribution in [2.75, 3.05) is 5.73 Å². The second kappa shape index (κ2) is 5.66. The van der Waals surface area contributed by atoms with Crippen LogP contribution >= 0.6 is 15.9 Å². The Bertz CT molecular complexity index is 619. The Morgan fingerprint density at radius 2 is 2.16 bits per heavy atom. The zero-order valence-corrected chi connectivity index (χ0v) is 11.3. The standard InChI is InChI=1S/C12H10BrN3O3/c13-9-4-10(6-15-5-9)19-7-8-1-2-11(14)12(3-8)16(17)18/h1-6H,7,14H2. The summed E-state index contributed by atoms with van der Waals surface area (Å²) in [6, 6.07) is 6.35. The molecule has 0 saturated heterocycles. The number of nitro benzene ring substituents is 1. The number of halogens is 1. The molecule has 0 saturated carbocycles. The Morgan fingerprint density at radius 3 is 2.84 bits per heavy atom. The molecular formula is C12H10BrN3O3. The third-order valence-electron chi connectivity index (χ3n) is 2.38. The minimum absolute atomic E-state index is 0.117. The fourth-order valence-electron chi connectivity index (χ4n) is 1.48. The lowest BCUT2D eigenvalue weighted by molar-refractivity contribution is -0.384. The van der Waals surface area contributed by atoms with Gasteiger partial charge in [-0.2, -0.15) is 0 Å². The number of anilines is 1. The van der Waals surface area contributed by atoms with Crippen molar-refractivity contribution < 1.29 is 9.66 Å². The van der Waals surface area contributed by atoms with E-state index in [-0.39, 0.29) is 18.0 Å². The molecule has 2 rings (SSSR count). The zero-order chi connectivity index (χ0) is 13.8. The average Bonchev–Trinajstić information content (AvgIpc) is 2.37. The minimum atomic E-state index is -0.514. The van der Waals surface area contributed by atoms with Crippen molar-refractivity contribution in [2.45, 2.75) is 6.61 Å². The van der Waals surface area contributed by atoms with Crippen LogP contribution in [0.4, 0.5) is 11.4 Å². The van der Waals surface area contributed by atoms with Crippen LogP contribution in [0.2, 0.25) is 0 Å². The highest BCUT2D eigenvalue weighted by Gasteiger charge is 2.12. The summed E-state index contributed by atoms with van der Waals surface area (Å²) in [6.07, 6.45) is 3.21. The number of ether oxygens (including phenoxy) is 1. The summed E-state index contributed by atoms with van der Waals surface area (Å²) in [5.41, 5.74) is 6.21. The van der Waals surface area contributed by atoms with E-state index in [4.69, 9.17) is 10.5 Å². The van der Waals surface area contributed by atoms with E-state index in [1.54, 1.807) is 24.5 Å². The molecule has 0 amide bonds. The summed E-state index contributed by atoms with van der Waals surface area (Å²) in [5, 5.41) is 10.8. The van der Waals surface area contributed by atoms with E-state index in [2.05, 4.69) is 20.9 Å². The average molecular weight is 324 g/mol. The summed E-state index contributed by atoms with van der Waals surface area (Å²) < 4.78 is 6.29. The molecule has 0 aliphatic heterocycles. The number of hydrogen-bond acceptors (Lipinski definition) is 5. The van der Waals surface area contributed by atoms with Crippen molar-refractivity contribution in [3.05, 3.63) is 56.8 Å². The maximum atomic E-state index is 10.8. The molecule has 98 valence electrons. The Kier molecular flexibility index (Phi) is 3.96. The van der Waals surface area contributed by atoms with E-state index in [9.17, 15) is 10.1 Å². The van der Waals surface area contributed by atoms with Crippen molar-refractivity contribution in [3.8, 4) is 5.75 Å². The van der Waals surface area contributed by atoms with Crippen LogP contribution in [-0.4, -0.2) is 9.91 Å². The van der Waals surface area contributed by atoms with Gasteiger partial charge in [0.05, 0.1) is 11.1 Å². The third-order valence-corrected chi connectivity index (χ3v) is 2.81. The van der Waals surface area contributed by atoms with Gasteiger partial charge in [0.1, 0.15) is 18.0 Å². The first-order chi connectivity index (χ1) is 9.06. The molecule has 2 N–H and O–H groups in total. The summed E-state index contributed by atoms with van der Waals surface area (Å²) in [6.45, 7) is 0.208. The predicted molar refractivity (Wildman–Crippen MR) is 73.8 cm³/mol. The Balaban J connectivity index is 2.12. The van der Waals surface area contributed by atoms with E-state index >= 15 is 0 Å². The molecule has 1 aromatic carbocycles. The van der Waals surface area contributed by atoms with Gasteiger partial charge >= 0.3 is 0 Å². The molecular weight excluding hydrogens is 314 g/mol. The van der Waals surface area contributed by atoms with Crippen molar-refractivity contribution in [3.63, 3.8) is 0 Å². The van der Waals surface area contributed by atoms with Crippen LogP contribution in [-0.2, 0) is 6.61 Å². The van der Waals surface area contributed by atoms with Crippen LogP contribution in [0.1, 0.15) is 5.56 Å². The topological polar surface area (TPSA) is 91.3 Å². The van der Waals surface area contributed by atoms with Crippen molar-refractivity contribution >= 4 is 27.3 Å². The van der Waals surface area contributed by atoms with E-state index < -0.39 is 4.92 Å². The molecule has 2 aromatic rings. The molecule has 0 bridgehead atoms. The largest absolute Gasteiger partial charge is 0.487 e. The number of nitro groups is 1. The maximum Gasteiger partial charge on any atom is 0.292 e. The number of nitrogens with zero attached hydrogens (tertiary/aromatic N) is 2. The number of aromatic nitrogens is 1. The van der Waals surface area contributed by atoms with Gasteiger partial charge in [-0.25, -0.2) is 0 Å². The van der Waals surface area contributed by atoms with E-state index in [0.29, 0.717) is 11.3 Å². The highest BCUT2D eigenvalue weighted by molar-refractivity contribution is 9.10. The Labute approximate surface area is 117 Å². The van der Waals surface area contributed by atoms with Gasteiger partial charge in [-0.15, -0.1) is 0 Å². The van der Waals surface area contributed by atoms with Crippen LogP contribution in [0.15, 0.2) is 41.1 Å². The molecule has 0 aliphatic rings. The summed E-state index contributed by atoms with van der Waals surface area (Å²) in [7, 11) is 0. The number of hydrogen-bond donors (Lipinski definition) is 1. The van der Waals surface area contributed by atoms with Gasteiger partial charge in [0.15, 0.2) is 0 Å². The van der Waals surface area contributed by atoms with Crippen LogP contribution in [0, 0.1) is 10.1 Å². The quantitative estimate of drug-likeness (QED) is 0.530. The molecule has 0 radical (unpaired) electrons. The SMILES string of the molecule is Nc1ccc(COc2cncc(Br)c2)cc1[N+](=O)[O-]. The summed E-state index contributed by atoms with van der Waals surface area (Å²) in [5.74, 6) is 0.578. The maximum absolute atomic E-state index is 10.8. The minimum Gasteiger partial charge on any atom is -0.487 e. The van der Waals surface area contributed by atoms with E-state index in [0.717, 1.165) is 4.47 Å². The van der Waals surface area contributed by atoms with Crippen molar-refractivity contribution in [1.82, 2.24) is 4.98 Å². The van der Waals surface area contributed by atoms with Gasteiger partial charge in [0.25, 0.3) is 5.69 Å². The van der Waals surface area contributed by atoms with Crippen LogP contribution in [0.25, 0.3) is 0 Å². The number of rotatable bonds is 4. The molecule has 0 spiro atoms. The first kappa shape index (κ1) is 13.3. The van der Waals surface area contributed by atoms with Crippen LogP contribution < -0.4 is 10.5 Å². The zero-order valence-electron chi connectivity index (χ0n) is 9.75. The van der Waals surface area contributed by atoms with Gasteiger partial charge in [-0.05, 0) is 33.6 Å². The molecule has 0 atom stereocenters. The van der Waals surface area contributed by atoms with Crippen molar-refractivity contribution in [1.29, 1.82) is 0 Å². The number of benzene rings is 1. The van der Waals surface area contributed by atoms with Crippen LogP contribution in [0.5, 0.6) is 5.75 Å². The molecule has 0 fully saturated rings. The first-order valence-electron chi connectivity index (χ1n) is 5.32. The lowest BCUT2D eigenvalue weighted by Gasteiger charge is -2.06. The molecule has 1 heterocycles. The van der Waals surface area contributed by atoms with Gasteiger partial charge < -0.3 is 10.5 Å². The van der Waals surface area contributed by atoms with Crippen LogP contribution in [0.3, 0.4) is 0 Å². The number of nitrogen functional groups attached to an aromatic ring is 1.